The summed E-state index contributed by atoms with van der Waals surface area (Å²) in [5.74, 6) is 0. The summed E-state index contributed by atoms with van der Waals surface area (Å²) in [7, 11) is 1.92. The Labute approximate surface area is 114 Å². The van der Waals surface area contributed by atoms with Gasteiger partial charge in [-0.25, -0.2) is 0 Å². The van der Waals surface area contributed by atoms with Crippen molar-refractivity contribution in [2.24, 2.45) is 0 Å². The Morgan fingerprint density at radius 1 is 1.38 bits per heavy atom. The van der Waals surface area contributed by atoms with E-state index in [4.69, 9.17) is 11.6 Å². The van der Waals surface area contributed by atoms with Crippen LogP contribution in [0.3, 0.4) is 0 Å². The van der Waals surface area contributed by atoms with E-state index >= 15 is 0 Å². The number of benzene rings is 1. The summed E-state index contributed by atoms with van der Waals surface area (Å²) < 4.78 is 1.12. The van der Waals surface area contributed by atoms with Gasteiger partial charge in [-0.1, -0.05) is 18.5 Å². The Kier molecular flexibility index (Phi) is 3.54. The summed E-state index contributed by atoms with van der Waals surface area (Å²) in [5.41, 5.74) is 3.02. The Hall–Kier alpha value is -0.550. The molecule has 84 valence electrons. The maximum Gasteiger partial charge on any atom is 0.0912 e. The number of anilines is 1. The molecule has 0 saturated carbocycles. The van der Waals surface area contributed by atoms with Crippen LogP contribution in [0.4, 0.5) is 5.69 Å². The Balaban J connectivity index is 2.83. The number of halogens is 2. The van der Waals surface area contributed by atoms with Crippen LogP contribution in [0.25, 0.3) is 10.9 Å². The molecule has 0 aliphatic carbocycles. The molecule has 0 fully saturated rings. The fourth-order valence-corrected chi connectivity index (χ4v) is 2.76. The highest BCUT2D eigenvalue weighted by Gasteiger charge is 2.08. The zero-order valence-corrected chi connectivity index (χ0v) is 12.1. The number of pyridine rings is 1. The number of fused-ring (bicyclic) bond motifs is 1. The second kappa shape index (κ2) is 4.75. The second-order valence-electron chi connectivity index (χ2n) is 3.55. The Morgan fingerprint density at radius 2 is 2.12 bits per heavy atom. The maximum atomic E-state index is 6.23. The van der Waals surface area contributed by atoms with Crippen LogP contribution < -0.4 is 5.32 Å². The van der Waals surface area contributed by atoms with Crippen molar-refractivity contribution in [3.63, 3.8) is 0 Å². The van der Waals surface area contributed by atoms with Crippen molar-refractivity contribution in [2.45, 2.75) is 13.3 Å². The highest BCUT2D eigenvalue weighted by molar-refractivity contribution is 14.1. The zero-order chi connectivity index (χ0) is 11.7. The summed E-state index contributed by atoms with van der Waals surface area (Å²) in [6, 6.07) is 6.12. The lowest BCUT2D eigenvalue weighted by Gasteiger charge is -2.09. The molecule has 0 aliphatic rings. The molecule has 0 unspecified atom stereocenters. The lowest BCUT2D eigenvalue weighted by molar-refractivity contribution is 1.06. The average Bonchev–Trinajstić information content (AvgIpc) is 2.28. The molecule has 1 heterocycles. The van der Waals surface area contributed by atoms with Gasteiger partial charge in [-0.2, -0.15) is 0 Å². The van der Waals surface area contributed by atoms with Crippen LogP contribution in [0.1, 0.15) is 12.6 Å². The lowest BCUT2D eigenvalue weighted by atomic mass is 10.1. The van der Waals surface area contributed by atoms with Gasteiger partial charge in [0.1, 0.15) is 0 Å². The van der Waals surface area contributed by atoms with Crippen LogP contribution in [0.2, 0.25) is 5.02 Å². The van der Waals surface area contributed by atoms with Gasteiger partial charge in [0, 0.05) is 27.4 Å². The van der Waals surface area contributed by atoms with Gasteiger partial charge in [0.15, 0.2) is 0 Å². The van der Waals surface area contributed by atoms with Crippen molar-refractivity contribution in [3.05, 3.63) is 32.5 Å². The molecule has 16 heavy (non-hydrogen) atoms. The monoisotopic (exact) mass is 346 g/mol. The molecule has 1 aromatic carbocycles. The molecule has 0 spiro atoms. The summed E-state index contributed by atoms with van der Waals surface area (Å²) in [6.45, 7) is 2.09. The number of rotatable bonds is 2. The highest BCUT2D eigenvalue weighted by Crippen LogP contribution is 2.30. The number of aromatic nitrogens is 1. The van der Waals surface area contributed by atoms with E-state index < -0.39 is 0 Å². The van der Waals surface area contributed by atoms with Crippen LogP contribution in [0.5, 0.6) is 0 Å². The van der Waals surface area contributed by atoms with Gasteiger partial charge >= 0.3 is 0 Å². The van der Waals surface area contributed by atoms with Gasteiger partial charge in [0.2, 0.25) is 0 Å². The SMILES string of the molecule is CCc1cc(NC)c2cc(I)cc(Cl)c2n1. The number of nitrogens with one attached hydrogen (secondary N) is 1. The fraction of sp³-hybridized carbons (Fsp3) is 0.250. The van der Waals surface area contributed by atoms with E-state index in [1.54, 1.807) is 0 Å². The lowest BCUT2D eigenvalue weighted by Crippen LogP contribution is -1.96. The molecule has 0 bridgehead atoms. The van der Waals surface area contributed by atoms with Crippen LogP contribution in [0.15, 0.2) is 18.2 Å². The van der Waals surface area contributed by atoms with Crippen molar-refractivity contribution in [3.8, 4) is 0 Å². The molecular weight excluding hydrogens is 335 g/mol. The van der Waals surface area contributed by atoms with Crippen molar-refractivity contribution >= 4 is 50.8 Å². The van der Waals surface area contributed by atoms with Gasteiger partial charge in [0.25, 0.3) is 0 Å². The van der Waals surface area contributed by atoms with E-state index in [-0.39, 0.29) is 0 Å². The molecular formula is C12H12ClIN2. The van der Waals surface area contributed by atoms with Gasteiger partial charge in [-0.15, -0.1) is 0 Å². The van der Waals surface area contributed by atoms with Crippen molar-refractivity contribution in [1.82, 2.24) is 4.98 Å². The van der Waals surface area contributed by atoms with E-state index in [0.29, 0.717) is 5.02 Å². The minimum atomic E-state index is 0.716. The topological polar surface area (TPSA) is 24.9 Å². The molecule has 4 heteroatoms. The first-order valence-corrected chi connectivity index (χ1v) is 6.57. The highest BCUT2D eigenvalue weighted by atomic mass is 127. The fourth-order valence-electron chi connectivity index (χ4n) is 1.69. The number of hydrogen-bond acceptors (Lipinski definition) is 2. The first-order valence-electron chi connectivity index (χ1n) is 5.12. The van der Waals surface area contributed by atoms with Crippen LogP contribution in [-0.2, 0) is 6.42 Å². The minimum absolute atomic E-state index is 0.716. The molecule has 0 aliphatic heterocycles. The first kappa shape index (κ1) is 11.9. The van der Waals surface area contributed by atoms with Crippen molar-refractivity contribution in [2.75, 3.05) is 12.4 Å². The summed E-state index contributed by atoms with van der Waals surface area (Å²) in [6.07, 6.45) is 0.910. The third-order valence-corrected chi connectivity index (χ3v) is 3.43. The number of nitrogens with zero attached hydrogens (tertiary/aromatic N) is 1. The molecule has 0 amide bonds. The third kappa shape index (κ3) is 2.11. The molecule has 1 N–H and O–H groups in total. The Bertz CT molecular complexity index is 540. The molecule has 2 nitrogen and oxygen atoms in total. The average molecular weight is 347 g/mol. The largest absolute Gasteiger partial charge is 0.388 e. The van der Waals surface area contributed by atoms with Crippen molar-refractivity contribution < 1.29 is 0 Å². The quantitative estimate of drug-likeness (QED) is 0.828. The predicted molar refractivity (Wildman–Crippen MR) is 78.4 cm³/mol. The zero-order valence-electron chi connectivity index (χ0n) is 9.14. The molecule has 0 atom stereocenters. The molecule has 2 aromatic rings. The van der Waals surface area contributed by atoms with Crippen molar-refractivity contribution in [1.29, 1.82) is 0 Å². The van der Waals surface area contributed by atoms with Crippen LogP contribution in [0, 0.1) is 3.57 Å². The van der Waals surface area contributed by atoms with Crippen LogP contribution >= 0.6 is 34.2 Å². The Morgan fingerprint density at radius 3 is 2.75 bits per heavy atom. The van der Waals surface area contributed by atoms with Gasteiger partial charge in [-0.05, 0) is 47.2 Å². The van der Waals surface area contributed by atoms with Gasteiger partial charge < -0.3 is 5.32 Å². The normalized spacial score (nSPS) is 10.8. The smallest absolute Gasteiger partial charge is 0.0912 e. The molecule has 2 rings (SSSR count). The number of hydrogen-bond donors (Lipinski definition) is 1. The van der Waals surface area contributed by atoms with Gasteiger partial charge in [0.05, 0.1) is 10.5 Å². The summed E-state index contributed by atoms with van der Waals surface area (Å²) >= 11 is 8.49. The van der Waals surface area contributed by atoms with Gasteiger partial charge in [-0.3, -0.25) is 4.98 Å². The predicted octanol–water partition coefficient (Wildman–Crippen LogP) is 4.10. The molecule has 0 saturated heterocycles. The van der Waals surface area contributed by atoms with Crippen LogP contribution in [-0.4, -0.2) is 12.0 Å². The summed E-state index contributed by atoms with van der Waals surface area (Å²) in [5, 5.41) is 4.99. The van der Waals surface area contributed by atoms with E-state index in [1.165, 1.54) is 0 Å². The standard InChI is InChI=1S/C12H12ClIN2/c1-3-8-6-11(15-2)9-4-7(14)5-10(13)12(9)16-8/h4-6H,3H2,1-2H3,(H,15,16). The van der Waals surface area contributed by atoms with E-state index in [0.717, 1.165) is 32.3 Å². The third-order valence-electron chi connectivity index (χ3n) is 2.52. The second-order valence-corrected chi connectivity index (χ2v) is 5.20. The summed E-state index contributed by atoms with van der Waals surface area (Å²) in [4.78, 5) is 4.57. The first-order chi connectivity index (χ1) is 7.65. The van der Waals surface area contributed by atoms with E-state index in [1.807, 2.05) is 13.1 Å². The minimum Gasteiger partial charge on any atom is -0.388 e. The van der Waals surface area contributed by atoms with E-state index in [2.05, 4.69) is 51.9 Å². The maximum absolute atomic E-state index is 6.23. The molecule has 0 radical (unpaired) electrons. The molecule has 1 aromatic heterocycles. The number of aryl methyl sites for hydroxylation is 1. The van der Waals surface area contributed by atoms with E-state index in [9.17, 15) is 0 Å².